The first-order valence-electron chi connectivity index (χ1n) is 5.77. The van der Waals surface area contributed by atoms with Gasteiger partial charge in [0.2, 0.25) is 0 Å². The molecule has 0 aliphatic rings. The van der Waals surface area contributed by atoms with E-state index in [1.807, 2.05) is 13.8 Å². The van der Waals surface area contributed by atoms with Gasteiger partial charge < -0.3 is 5.32 Å². The van der Waals surface area contributed by atoms with Gasteiger partial charge in [-0.25, -0.2) is 9.97 Å². The summed E-state index contributed by atoms with van der Waals surface area (Å²) in [4.78, 5) is 9.00. The van der Waals surface area contributed by atoms with Crippen molar-refractivity contribution in [2.75, 3.05) is 11.9 Å². The second kappa shape index (κ2) is 6.24. The summed E-state index contributed by atoms with van der Waals surface area (Å²) >= 11 is 14.6. The van der Waals surface area contributed by atoms with Crippen molar-refractivity contribution < 1.29 is 0 Å². The number of rotatable bonds is 3. The lowest BCUT2D eigenvalue weighted by Crippen LogP contribution is -2.06. The van der Waals surface area contributed by atoms with Crippen LogP contribution >= 0.6 is 45.8 Å². The Kier molecular flexibility index (Phi) is 4.86. The van der Waals surface area contributed by atoms with Crippen molar-refractivity contribution in [1.82, 2.24) is 9.97 Å². The molecule has 0 saturated heterocycles. The van der Waals surface area contributed by atoms with Crippen LogP contribution in [0.4, 0.5) is 5.82 Å². The summed E-state index contributed by atoms with van der Waals surface area (Å²) in [5, 5.41) is 4.32. The normalized spacial score (nSPS) is 10.6. The Bertz CT molecular complexity index is 597. The van der Waals surface area contributed by atoms with Gasteiger partial charge in [-0.2, -0.15) is 0 Å². The van der Waals surface area contributed by atoms with Crippen LogP contribution in [0, 0.1) is 10.5 Å². The number of aryl methyl sites for hydroxylation is 1. The first-order chi connectivity index (χ1) is 9.04. The van der Waals surface area contributed by atoms with E-state index in [0.29, 0.717) is 21.4 Å². The molecule has 2 aromatic rings. The molecule has 2 rings (SSSR count). The van der Waals surface area contributed by atoms with Gasteiger partial charge in [-0.15, -0.1) is 0 Å². The molecule has 0 aliphatic heterocycles. The molecule has 0 aliphatic carbocycles. The molecule has 0 atom stereocenters. The van der Waals surface area contributed by atoms with Crippen LogP contribution < -0.4 is 5.32 Å². The van der Waals surface area contributed by atoms with E-state index in [9.17, 15) is 0 Å². The van der Waals surface area contributed by atoms with E-state index in [-0.39, 0.29) is 0 Å². The standard InChI is InChI=1S/C13H12Cl2IN3/c1-3-17-13-11(16)7(2)18-12(19-13)10-8(14)5-4-6-9(10)15/h4-6H,3H2,1-2H3,(H,17,18,19). The predicted octanol–water partition coefficient (Wildman–Crippen LogP) is 4.80. The number of hydrogen-bond acceptors (Lipinski definition) is 3. The molecule has 3 nitrogen and oxygen atoms in total. The maximum atomic E-state index is 6.20. The molecule has 1 aromatic carbocycles. The minimum atomic E-state index is 0.546. The van der Waals surface area contributed by atoms with E-state index < -0.39 is 0 Å². The lowest BCUT2D eigenvalue weighted by molar-refractivity contribution is 1.06. The number of nitrogens with zero attached hydrogens (tertiary/aromatic N) is 2. The van der Waals surface area contributed by atoms with Crippen molar-refractivity contribution >= 4 is 51.6 Å². The molecule has 1 aromatic heterocycles. The highest BCUT2D eigenvalue weighted by Gasteiger charge is 2.15. The number of benzene rings is 1. The molecule has 1 heterocycles. The Morgan fingerprint density at radius 3 is 2.42 bits per heavy atom. The maximum Gasteiger partial charge on any atom is 0.164 e. The number of hydrogen-bond donors (Lipinski definition) is 1. The number of nitrogens with one attached hydrogen (secondary N) is 1. The summed E-state index contributed by atoms with van der Waals surface area (Å²) in [5.74, 6) is 1.35. The fourth-order valence-electron chi connectivity index (χ4n) is 1.67. The van der Waals surface area contributed by atoms with Crippen LogP contribution in [0.5, 0.6) is 0 Å². The molecule has 0 amide bonds. The molecule has 19 heavy (non-hydrogen) atoms. The fourth-order valence-corrected chi connectivity index (χ4v) is 2.67. The average molecular weight is 408 g/mol. The van der Waals surface area contributed by atoms with Crippen LogP contribution in [0.1, 0.15) is 12.6 Å². The van der Waals surface area contributed by atoms with Gasteiger partial charge in [-0.05, 0) is 48.6 Å². The molecule has 1 N–H and O–H groups in total. The second-order valence-electron chi connectivity index (χ2n) is 3.92. The molecule has 0 fully saturated rings. The largest absolute Gasteiger partial charge is 0.369 e. The summed E-state index contributed by atoms with van der Waals surface area (Å²) in [6.07, 6.45) is 0. The Balaban J connectivity index is 2.63. The third-order valence-corrected chi connectivity index (χ3v) is 4.47. The quantitative estimate of drug-likeness (QED) is 0.743. The van der Waals surface area contributed by atoms with E-state index in [2.05, 4.69) is 37.9 Å². The zero-order valence-corrected chi connectivity index (χ0v) is 14.1. The van der Waals surface area contributed by atoms with Crippen LogP contribution in [0.15, 0.2) is 18.2 Å². The lowest BCUT2D eigenvalue weighted by atomic mass is 10.2. The molecule has 0 spiro atoms. The van der Waals surface area contributed by atoms with Gasteiger partial charge in [0.15, 0.2) is 5.82 Å². The highest BCUT2D eigenvalue weighted by atomic mass is 127. The third kappa shape index (κ3) is 3.12. The van der Waals surface area contributed by atoms with Gasteiger partial charge in [0.05, 0.1) is 24.9 Å². The van der Waals surface area contributed by atoms with Crippen LogP contribution in [0.25, 0.3) is 11.4 Å². The van der Waals surface area contributed by atoms with E-state index in [1.54, 1.807) is 18.2 Å². The Morgan fingerprint density at radius 2 is 1.84 bits per heavy atom. The smallest absolute Gasteiger partial charge is 0.164 e. The number of anilines is 1. The minimum absolute atomic E-state index is 0.546. The molecule has 100 valence electrons. The second-order valence-corrected chi connectivity index (χ2v) is 5.82. The van der Waals surface area contributed by atoms with Gasteiger partial charge in [0.25, 0.3) is 0 Å². The molecule has 0 saturated carbocycles. The zero-order valence-electron chi connectivity index (χ0n) is 10.5. The summed E-state index contributed by atoms with van der Waals surface area (Å²) in [5.41, 5.74) is 1.57. The van der Waals surface area contributed by atoms with Gasteiger partial charge in [-0.3, -0.25) is 0 Å². The van der Waals surface area contributed by atoms with Crippen molar-refractivity contribution in [1.29, 1.82) is 0 Å². The SMILES string of the molecule is CCNc1nc(-c2c(Cl)cccc2Cl)nc(C)c1I. The first-order valence-corrected chi connectivity index (χ1v) is 7.60. The van der Waals surface area contributed by atoms with Crippen molar-refractivity contribution in [2.24, 2.45) is 0 Å². The van der Waals surface area contributed by atoms with E-state index in [4.69, 9.17) is 23.2 Å². The van der Waals surface area contributed by atoms with Crippen LogP contribution in [0.2, 0.25) is 10.0 Å². The molecule has 6 heteroatoms. The topological polar surface area (TPSA) is 37.8 Å². The lowest BCUT2D eigenvalue weighted by Gasteiger charge is -2.11. The van der Waals surface area contributed by atoms with Crippen molar-refractivity contribution in [3.05, 3.63) is 37.5 Å². The van der Waals surface area contributed by atoms with Gasteiger partial charge in [0.1, 0.15) is 5.82 Å². The first kappa shape index (κ1) is 14.8. The summed E-state index contributed by atoms with van der Waals surface area (Å²) in [6, 6.07) is 5.37. The molecular weight excluding hydrogens is 396 g/mol. The summed E-state index contributed by atoms with van der Waals surface area (Å²) in [6.45, 7) is 4.76. The molecule has 0 radical (unpaired) electrons. The van der Waals surface area contributed by atoms with Crippen LogP contribution in [0.3, 0.4) is 0 Å². The van der Waals surface area contributed by atoms with E-state index in [0.717, 1.165) is 21.6 Å². The van der Waals surface area contributed by atoms with E-state index in [1.165, 1.54) is 0 Å². The zero-order chi connectivity index (χ0) is 14.0. The van der Waals surface area contributed by atoms with Crippen LogP contribution in [-0.4, -0.2) is 16.5 Å². The summed E-state index contributed by atoms with van der Waals surface area (Å²) in [7, 11) is 0. The highest BCUT2D eigenvalue weighted by molar-refractivity contribution is 14.1. The Labute approximate surface area is 135 Å². The fraction of sp³-hybridized carbons (Fsp3) is 0.231. The predicted molar refractivity (Wildman–Crippen MR) is 89.1 cm³/mol. The van der Waals surface area contributed by atoms with Gasteiger partial charge in [0, 0.05) is 6.54 Å². The molecule has 0 unspecified atom stereocenters. The summed E-state index contributed by atoms with van der Waals surface area (Å²) < 4.78 is 1.01. The number of halogens is 3. The van der Waals surface area contributed by atoms with Crippen molar-refractivity contribution in [3.63, 3.8) is 0 Å². The monoisotopic (exact) mass is 407 g/mol. The third-order valence-electron chi connectivity index (χ3n) is 2.55. The Morgan fingerprint density at radius 1 is 1.21 bits per heavy atom. The van der Waals surface area contributed by atoms with Crippen LogP contribution in [-0.2, 0) is 0 Å². The maximum absolute atomic E-state index is 6.20. The van der Waals surface area contributed by atoms with E-state index >= 15 is 0 Å². The Hall–Kier alpha value is -0.590. The molecular formula is C13H12Cl2IN3. The van der Waals surface area contributed by atoms with Gasteiger partial charge >= 0.3 is 0 Å². The van der Waals surface area contributed by atoms with Crippen molar-refractivity contribution in [3.8, 4) is 11.4 Å². The molecule has 0 bridgehead atoms. The number of aromatic nitrogens is 2. The average Bonchev–Trinajstić information content (AvgIpc) is 2.35. The van der Waals surface area contributed by atoms with Gasteiger partial charge in [-0.1, -0.05) is 29.3 Å². The van der Waals surface area contributed by atoms with Crippen molar-refractivity contribution in [2.45, 2.75) is 13.8 Å². The minimum Gasteiger partial charge on any atom is -0.369 e. The highest BCUT2D eigenvalue weighted by Crippen LogP contribution is 2.34.